The first kappa shape index (κ1) is 24.3. The van der Waals surface area contributed by atoms with Gasteiger partial charge in [-0.3, -0.25) is 19.5 Å². The van der Waals surface area contributed by atoms with E-state index in [-0.39, 0.29) is 17.3 Å². The smallest absolute Gasteiger partial charge is 0.269 e. The third-order valence-corrected chi connectivity index (χ3v) is 6.38. The maximum atomic E-state index is 12.5. The first-order valence-corrected chi connectivity index (χ1v) is 12.2. The van der Waals surface area contributed by atoms with Crippen molar-refractivity contribution in [3.63, 3.8) is 0 Å². The first-order valence-electron chi connectivity index (χ1n) is 10.4. The average molecular weight is 551 g/mol. The Labute approximate surface area is 213 Å². The van der Waals surface area contributed by atoms with E-state index < -0.39 is 4.92 Å². The molecule has 0 unspecified atom stereocenters. The van der Waals surface area contributed by atoms with Crippen LogP contribution in [0, 0.1) is 10.1 Å². The lowest BCUT2D eigenvalue weighted by molar-refractivity contribution is -0.384. The number of carbonyl (C=O) groups excluding carboxylic acids is 1. The zero-order chi connectivity index (χ0) is 24.8. The minimum Gasteiger partial charge on any atom is -0.272 e. The molecular weight excluding hydrogens is 532 g/mol. The largest absolute Gasteiger partial charge is 0.272 e. The number of carbonyl (C=O) groups is 1. The molecule has 0 aliphatic carbocycles. The summed E-state index contributed by atoms with van der Waals surface area (Å²) in [4.78, 5) is 22.8. The van der Waals surface area contributed by atoms with Crippen molar-refractivity contribution < 1.29 is 9.72 Å². The number of rotatable bonds is 8. The van der Waals surface area contributed by atoms with Crippen LogP contribution in [0.25, 0.3) is 17.1 Å². The third-order valence-electron chi connectivity index (χ3n) is 4.93. The molecule has 9 nitrogen and oxygen atoms in total. The van der Waals surface area contributed by atoms with Gasteiger partial charge in [0.05, 0.1) is 16.4 Å². The second-order valence-corrected chi connectivity index (χ2v) is 9.17. The monoisotopic (exact) mass is 550 g/mol. The molecule has 1 heterocycles. The molecule has 176 valence electrons. The van der Waals surface area contributed by atoms with Crippen molar-refractivity contribution in [2.75, 3.05) is 5.75 Å². The van der Waals surface area contributed by atoms with E-state index in [1.54, 1.807) is 19.1 Å². The number of nitrogens with zero attached hydrogens (tertiary/aromatic N) is 5. The van der Waals surface area contributed by atoms with Crippen molar-refractivity contribution in [1.82, 2.24) is 20.2 Å². The van der Waals surface area contributed by atoms with Crippen LogP contribution in [0.3, 0.4) is 0 Å². The summed E-state index contributed by atoms with van der Waals surface area (Å²) in [6.45, 7) is 1.71. The normalized spacial score (nSPS) is 11.3. The lowest BCUT2D eigenvalue weighted by atomic mass is 10.1. The van der Waals surface area contributed by atoms with Crippen molar-refractivity contribution in [2.45, 2.75) is 12.1 Å². The number of nitro benzene ring substituents is 1. The fraction of sp³-hybridized carbons (Fsp3) is 0.0833. The number of benzene rings is 3. The number of halogens is 1. The molecule has 11 heteroatoms. The van der Waals surface area contributed by atoms with Gasteiger partial charge in [0.15, 0.2) is 11.0 Å². The van der Waals surface area contributed by atoms with Crippen molar-refractivity contribution in [1.29, 1.82) is 0 Å². The molecule has 0 bridgehead atoms. The van der Waals surface area contributed by atoms with Gasteiger partial charge in [-0.05, 0) is 48.9 Å². The van der Waals surface area contributed by atoms with Gasteiger partial charge in [0, 0.05) is 27.9 Å². The summed E-state index contributed by atoms with van der Waals surface area (Å²) in [5.41, 5.74) is 5.49. The van der Waals surface area contributed by atoms with E-state index in [4.69, 9.17) is 0 Å². The van der Waals surface area contributed by atoms with Gasteiger partial charge in [-0.2, -0.15) is 5.10 Å². The number of thioether (sulfide) groups is 1. The molecule has 0 radical (unpaired) electrons. The number of aromatic nitrogens is 3. The predicted molar refractivity (Wildman–Crippen MR) is 139 cm³/mol. The number of nitrogens with one attached hydrogen (secondary N) is 1. The van der Waals surface area contributed by atoms with Crippen molar-refractivity contribution in [2.24, 2.45) is 5.10 Å². The summed E-state index contributed by atoms with van der Waals surface area (Å²) in [5, 5.41) is 24.2. The highest BCUT2D eigenvalue weighted by atomic mass is 79.9. The highest BCUT2D eigenvalue weighted by Gasteiger charge is 2.17. The standard InChI is InChI=1S/C24H19BrN6O3S/c1-16(17-7-11-21(12-8-17)31(33)34)26-27-22(32)15-35-24-29-28-23(18-5-3-2-4-6-18)30(24)20-13-9-19(25)10-14-20/h2-14H,15H2,1H3,(H,27,32). The molecule has 1 aromatic heterocycles. The molecule has 3 aromatic carbocycles. The van der Waals surface area contributed by atoms with Gasteiger partial charge in [0.25, 0.3) is 11.6 Å². The van der Waals surface area contributed by atoms with Crippen LogP contribution >= 0.6 is 27.7 Å². The maximum absolute atomic E-state index is 12.5. The maximum Gasteiger partial charge on any atom is 0.269 e. The molecule has 0 aliphatic heterocycles. The molecule has 1 amide bonds. The lowest BCUT2D eigenvalue weighted by Gasteiger charge is -2.10. The van der Waals surface area contributed by atoms with E-state index in [0.29, 0.717) is 22.3 Å². The van der Waals surface area contributed by atoms with Crippen molar-refractivity contribution >= 4 is 45.0 Å². The topological polar surface area (TPSA) is 115 Å². The summed E-state index contributed by atoms with van der Waals surface area (Å²) < 4.78 is 2.86. The van der Waals surface area contributed by atoms with Crippen molar-refractivity contribution in [3.8, 4) is 17.1 Å². The zero-order valence-electron chi connectivity index (χ0n) is 18.5. The average Bonchev–Trinajstić information content (AvgIpc) is 3.31. The fourth-order valence-corrected chi connectivity index (χ4v) is 4.17. The fourth-order valence-electron chi connectivity index (χ4n) is 3.16. The van der Waals surface area contributed by atoms with Gasteiger partial charge in [-0.15, -0.1) is 10.2 Å². The molecule has 0 atom stereocenters. The zero-order valence-corrected chi connectivity index (χ0v) is 20.9. The highest BCUT2D eigenvalue weighted by molar-refractivity contribution is 9.10. The SMILES string of the molecule is CC(=NNC(=O)CSc1nnc(-c2ccccc2)n1-c1ccc(Br)cc1)c1ccc([N+](=O)[O-])cc1. The summed E-state index contributed by atoms with van der Waals surface area (Å²) in [5.74, 6) is 0.422. The number of hydrogen-bond acceptors (Lipinski definition) is 7. The Morgan fingerprint density at radius 1 is 1.06 bits per heavy atom. The highest BCUT2D eigenvalue weighted by Crippen LogP contribution is 2.28. The Bertz CT molecular complexity index is 1370. The van der Waals surface area contributed by atoms with Crippen LogP contribution in [0.4, 0.5) is 5.69 Å². The molecule has 4 rings (SSSR count). The number of nitro groups is 1. The van der Waals surface area contributed by atoms with Crippen LogP contribution < -0.4 is 5.43 Å². The number of hydrazone groups is 1. The lowest BCUT2D eigenvalue weighted by Crippen LogP contribution is -2.21. The second kappa shape index (κ2) is 11.1. The molecule has 0 spiro atoms. The van der Waals surface area contributed by atoms with Crippen LogP contribution in [-0.4, -0.2) is 37.1 Å². The number of non-ortho nitro benzene ring substituents is 1. The van der Waals surface area contributed by atoms with Gasteiger partial charge < -0.3 is 0 Å². The molecule has 1 N–H and O–H groups in total. The Morgan fingerprint density at radius 3 is 2.40 bits per heavy atom. The Balaban J connectivity index is 1.48. The Kier molecular flexibility index (Phi) is 7.68. The van der Waals surface area contributed by atoms with Gasteiger partial charge in [-0.1, -0.05) is 58.0 Å². The molecular formula is C24H19BrN6O3S. The minimum atomic E-state index is -0.467. The quantitative estimate of drug-likeness (QED) is 0.139. The van der Waals surface area contributed by atoms with Crippen LogP contribution in [0.15, 0.2) is 93.6 Å². The van der Waals surface area contributed by atoms with Crippen LogP contribution in [0.2, 0.25) is 0 Å². The molecule has 0 saturated carbocycles. The summed E-state index contributed by atoms with van der Waals surface area (Å²) in [7, 11) is 0. The minimum absolute atomic E-state index is 0.00765. The molecule has 0 saturated heterocycles. The Morgan fingerprint density at radius 2 is 1.74 bits per heavy atom. The van der Waals surface area contributed by atoms with Gasteiger partial charge in [0.1, 0.15) is 0 Å². The van der Waals surface area contributed by atoms with Gasteiger partial charge in [-0.25, -0.2) is 5.43 Å². The second-order valence-electron chi connectivity index (χ2n) is 7.31. The molecule has 0 fully saturated rings. The van der Waals surface area contributed by atoms with E-state index >= 15 is 0 Å². The van der Waals surface area contributed by atoms with Crippen LogP contribution in [-0.2, 0) is 4.79 Å². The van der Waals surface area contributed by atoms with E-state index in [1.165, 1.54) is 23.9 Å². The molecule has 0 aliphatic rings. The predicted octanol–water partition coefficient (Wildman–Crippen LogP) is 5.24. The molecule has 35 heavy (non-hydrogen) atoms. The number of hydrogen-bond donors (Lipinski definition) is 1. The van der Waals surface area contributed by atoms with Gasteiger partial charge >= 0.3 is 0 Å². The van der Waals surface area contributed by atoms with Crippen molar-refractivity contribution in [3.05, 3.63) is 99.0 Å². The van der Waals surface area contributed by atoms with E-state index in [1.807, 2.05) is 59.2 Å². The third kappa shape index (κ3) is 6.00. The summed E-state index contributed by atoms with van der Waals surface area (Å²) >= 11 is 4.70. The van der Waals surface area contributed by atoms with E-state index in [0.717, 1.165) is 15.7 Å². The van der Waals surface area contributed by atoms with E-state index in [2.05, 4.69) is 36.7 Å². The summed E-state index contributed by atoms with van der Waals surface area (Å²) in [6, 6.07) is 23.4. The van der Waals surface area contributed by atoms with E-state index in [9.17, 15) is 14.9 Å². The van der Waals surface area contributed by atoms with Gasteiger partial charge in [0.2, 0.25) is 0 Å². The Hall–Kier alpha value is -3.83. The first-order chi connectivity index (χ1) is 16.9. The van der Waals surface area contributed by atoms with Crippen LogP contribution in [0.1, 0.15) is 12.5 Å². The number of amides is 1. The molecule has 4 aromatic rings. The summed E-state index contributed by atoms with van der Waals surface area (Å²) in [6.07, 6.45) is 0. The van der Waals surface area contributed by atoms with Crippen LogP contribution in [0.5, 0.6) is 0 Å².